The number of nitrogens with one attached hydrogen (secondary N) is 1. The van der Waals surface area contributed by atoms with Crippen molar-refractivity contribution < 1.29 is 24.8 Å². The van der Waals surface area contributed by atoms with E-state index in [1.165, 1.54) is 0 Å². The topological polar surface area (TPSA) is 109 Å². The molecule has 5 N–H and O–H groups in total. The lowest BCUT2D eigenvalue weighted by Crippen LogP contribution is -2.62. The van der Waals surface area contributed by atoms with Crippen molar-refractivity contribution in [3.05, 3.63) is 77.6 Å². The molecular formula is C25H30N2O5. The Bertz CT molecular complexity index is 1010. The Hall–Kier alpha value is -2.68. The van der Waals surface area contributed by atoms with Gasteiger partial charge in [0.2, 0.25) is 0 Å². The van der Waals surface area contributed by atoms with Gasteiger partial charge in [-0.15, -0.1) is 0 Å². The van der Waals surface area contributed by atoms with Gasteiger partial charge in [0.1, 0.15) is 18.0 Å². The molecule has 0 bridgehead atoms. The predicted molar refractivity (Wildman–Crippen MR) is 122 cm³/mol. The highest BCUT2D eigenvalue weighted by Crippen LogP contribution is 2.26. The molecule has 0 spiro atoms. The van der Waals surface area contributed by atoms with Crippen molar-refractivity contribution in [2.75, 3.05) is 18.5 Å². The van der Waals surface area contributed by atoms with E-state index in [1.54, 1.807) is 11.2 Å². The molecule has 170 valence electrons. The summed E-state index contributed by atoms with van der Waals surface area (Å²) in [5, 5.41) is 43.1. The van der Waals surface area contributed by atoms with E-state index >= 15 is 0 Å². The number of β-amino-alcohol motifs (C(OH)–C–C–N with tert-alkyl or cyclic N) is 1. The van der Waals surface area contributed by atoms with E-state index in [0.717, 1.165) is 33.7 Å². The molecule has 7 nitrogen and oxygen atoms in total. The first-order valence-corrected chi connectivity index (χ1v) is 10.8. The van der Waals surface area contributed by atoms with Gasteiger partial charge in [0.25, 0.3) is 0 Å². The summed E-state index contributed by atoms with van der Waals surface area (Å²) in [4.78, 5) is 1.80. The quantitative estimate of drug-likeness (QED) is 0.384. The number of aliphatic hydroxyl groups is 4. The van der Waals surface area contributed by atoms with E-state index in [1.807, 2.05) is 42.5 Å². The SMILES string of the molecule is Cc1cc(-c2ccco2)ccc1NCc1ccc(CN2C[C@H](O)[C@@H](O)[C@H](O)[C@H]2CO)cc1. The average Bonchev–Trinajstić information content (AvgIpc) is 3.33. The van der Waals surface area contributed by atoms with Crippen LogP contribution in [0.25, 0.3) is 11.3 Å². The zero-order valence-electron chi connectivity index (χ0n) is 18.1. The molecule has 2 heterocycles. The minimum atomic E-state index is -1.24. The maximum Gasteiger partial charge on any atom is 0.133 e. The smallest absolute Gasteiger partial charge is 0.133 e. The van der Waals surface area contributed by atoms with Crippen molar-refractivity contribution in [1.29, 1.82) is 0 Å². The minimum absolute atomic E-state index is 0.194. The number of anilines is 1. The Kier molecular flexibility index (Phi) is 6.93. The zero-order chi connectivity index (χ0) is 22.7. The van der Waals surface area contributed by atoms with E-state index in [9.17, 15) is 20.4 Å². The van der Waals surface area contributed by atoms with E-state index in [2.05, 4.69) is 24.4 Å². The molecule has 0 amide bonds. The summed E-state index contributed by atoms with van der Waals surface area (Å²) < 4.78 is 5.46. The molecule has 0 aliphatic carbocycles. The van der Waals surface area contributed by atoms with Crippen molar-refractivity contribution in [2.24, 2.45) is 0 Å². The second-order valence-electron chi connectivity index (χ2n) is 8.40. The van der Waals surface area contributed by atoms with E-state index in [-0.39, 0.29) is 13.2 Å². The molecule has 0 radical (unpaired) electrons. The molecule has 1 fully saturated rings. The Morgan fingerprint density at radius 1 is 1.00 bits per heavy atom. The highest BCUT2D eigenvalue weighted by atomic mass is 16.4. The average molecular weight is 439 g/mol. The zero-order valence-corrected chi connectivity index (χ0v) is 18.1. The summed E-state index contributed by atoms with van der Waals surface area (Å²) in [5.74, 6) is 0.849. The molecule has 2 aromatic carbocycles. The van der Waals surface area contributed by atoms with Crippen LogP contribution < -0.4 is 5.32 Å². The number of benzene rings is 2. The first-order valence-electron chi connectivity index (χ1n) is 10.8. The van der Waals surface area contributed by atoms with Gasteiger partial charge in [-0.3, -0.25) is 4.90 Å². The van der Waals surface area contributed by atoms with Crippen molar-refractivity contribution in [3.8, 4) is 11.3 Å². The maximum absolute atomic E-state index is 10.1. The second-order valence-corrected chi connectivity index (χ2v) is 8.40. The highest BCUT2D eigenvalue weighted by Gasteiger charge is 2.40. The first-order chi connectivity index (χ1) is 15.5. The van der Waals surface area contributed by atoms with Crippen LogP contribution in [0.4, 0.5) is 5.69 Å². The molecule has 0 saturated carbocycles. The van der Waals surface area contributed by atoms with Crippen LogP contribution in [0, 0.1) is 6.92 Å². The number of piperidine rings is 1. The Morgan fingerprint density at radius 2 is 1.75 bits per heavy atom. The number of furan rings is 1. The van der Waals surface area contributed by atoms with Crippen LogP contribution in [0.1, 0.15) is 16.7 Å². The molecule has 4 atom stereocenters. The number of hydrogen-bond donors (Lipinski definition) is 5. The lowest BCUT2D eigenvalue weighted by Gasteiger charge is -2.43. The van der Waals surface area contributed by atoms with Crippen LogP contribution in [0.15, 0.2) is 65.3 Å². The van der Waals surface area contributed by atoms with Crippen molar-refractivity contribution in [2.45, 2.75) is 44.4 Å². The van der Waals surface area contributed by atoms with Gasteiger partial charge in [0, 0.05) is 30.9 Å². The molecule has 1 aliphatic rings. The summed E-state index contributed by atoms with van der Waals surface area (Å²) >= 11 is 0. The van der Waals surface area contributed by atoms with Crippen LogP contribution in [0.3, 0.4) is 0 Å². The summed E-state index contributed by atoms with van der Waals surface area (Å²) in [5.41, 5.74) is 5.36. The number of nitrogens with zero attached hydrogens (tertiary/aromatic N) is 1. The number of hydrogen-bond acceptors (Lipinski definition) is 7. The van der Waals surface area contributed by atoms with Gasteiger partial charge in [-0.1, -0.05) is 24.3 Å². The second kappa shape index (κ2) is 9.85. The number of aliphatic hydroxyl groups excluding tert-OH is 4. The fraction of sp³-hybridized carbons (Fsp3) is 0.360. The Labute approximate surface area is 187 Å². The molecular weight excluding hydrogens is 408 g/mol. The van der Waals surface area contributed by atoms with Crippen LogP contribution in [-0.2, 0) is 13.1 Å². The fourth-order valence-corrected chi connectivity index (χ4v) is 4.21. The monoisotopic (exact) mass is 438 g/mol. The van der Waals surface area contributed by atoms with Crippen LogP contribution >= 0.6 is 0 Å². The molecule has 32 heavy (non-hydrogen) atoms. The lowest BCUT2D eigenvalue weighted by atomic mass is 9.93. The van der Waals surface area contributed by atoms with Crippen LogP contribution in [-0.4, -0.2) is 62.8 Å². The number of aryl methyl sites for hydroxylation is 1. The molecule has 7 heteroatoms. The van der Waals surface area contributed by atoms with E-state index < -0.39 is 24.4 Å². The summed E-state index contributed by atoms with van der Waals surface area (Å²) in [6.45, 7) is 3.11. The highest BCUT2D eigenvalue weighted by molar-refractivity contribution is 5.64. The summed E-state index contributed by atoms with van der Waals surface area (Å²) in [7, 11) is 0. The van der Waals surface area contributed by atoms with E-state index in [0.29, 0.717) is 13.1 Å². The molecule has 3 aromatic rings. The third kappa shape index (κ3) is 4.87. The van der Waals surface area contributed by atoms with Crippen molar-refractivity contribution >= 4 is 5.69 Å². The van der Waals surface area contributed by atoms with Gasteiger partial charge in [-0.05, 0) is 53.9 Å². The van der Waals surface area contributed by atoms with Crippen molar-refractivity contribution in [1.82, 2.24) is 4.90 Å². The number of likely N-dealkylation sites (tertiary alicyclic amines) is 1. The predicted octanol–water partition coefficient (Wildman–Crippen LogP) is 2.13. The van der Waals surface area contributed by atoms with Crippen LogP contribution in [0.5, 0.6) is 0 Å². The van der Waals surface area contributed by atoms with Crippen LogP contribution in [0.2, 0.25) is 0 Å². The largest absolute Gasteiger partial charge is 0.464 e. The molecule has 1 saturated heterocycles. The third-order valence-electron chi connectivity index (χ3n) is 6.14. The molecule has 1 aromatic heterocycles. The normalized spacial score (nSPS) is 23.9. The standard InChI is InChI=1S/C25H30N2O5/c1-16-11-19(23-3-2-10-32-23)8-9-20(16)26-12-17-4-6-18(7-5-17)13-27-14-22(29)25(31)24(30)21(27)15-28/h2-11,21-22,24-26,28-31H,12-15H2,1H3/t21-,22+,24-,25-/m1/s1. The van der Waals surface area contributed by atoms with Gasteiger partial charge < -0.3 is 30.2 Å². The number of rotatable bonds is 7. The van der Waals surface area contributed by atoms with Gasteiger partial charge in [-0.25, -0.2) is 0 Å². The Morgan fingerprint density at radius 3 is 2.41 bits per heavy atom. The van der Waals surface area contributed by atoms with Gasteiger partial charge in [0.05, 0.1) is 25.0 Å². The van der Waals surface area contributed by atoms with Gasteiger partial charge in [0.15, 0.2) is 0 Å². The summed E-state index contributed by atoms with van der Waals surface area (Å²) in [6, 6.07) is 17.5. The van der Waals surface area contributed by atoms with Gasteiger partial charge in [-0.2, -0.15) is 0 Å². The van der Waals surface area contributed by atoms with Crippen molar-refractivity contribution in [3.63, 3.8) is 0 Å². The molecule has 0 unspecified atom stereocenters. The molecule has 1 aliphatic heterocycles. The first kappa shape index (κ1) is 22.5. The maximum atomic E-state index is 10.1. The fourth-order valence-electron chi connectivity index (χ4n) is 4.21. The summed E-state index contributed by atoms with van der Waals surface area (Å²) in [6.07, 6.45) is -1.80. The molecule has 4 rings (SSSR count). The van der Waals surface area contributed by atoms with Gasteiger partial charge >= 0.3 is 0 Å². The minimum Gasteiger partial charge on any atom is -0.464 e. The third-order valence-corrected chi connectivity index (χ3v) is 6.14. The van der Waals surface area contributed by atoms with E-state index in [4.69, 9.17) is 4.42 Å². The Balaban J connectivity index is 1.36. The lowest BCUT2D eigenvalue weighted by molar-refractivity contribution is -0.147.